The van der Waals surface area contributed by atoms with Gasteiger partial charge >= 0.3 is 0 Å². The molecule has 25 heavy (non-hydrogen) atoms. The lowest BCUT2D eigenvalue weighted by molar-refractivity contribution is 0.0772. The molecule has 134 valence electrons. The lowest BCUT2D eigenvalue weighted by Gasteiger charge is -2.16. The fraction of sp³-hybridized carbons (Fsp3) is 0.500. The van der Waals surface area contributed by atoms with Crippen molar-refractivity contribution in [3.05, 3.63) is 35.2 Å². The number of nitrogens with zero attached hydrogens (tertiary/aromatic N) is 4. The first-order chi connectivity index (χ1) is 12.0. The Labute approximate surface area is 144 Å². The van der Waals surface area contributed by atoms with Crippen LogP contribution in [-0.2, 0) is 6.54 Å². The van der Waals surface area contributed by atoms with Crippen LogP contribution in [0.4, 0.5) is 4.39 Å². The molecule has 1 saturated heterocycles. The van der Waals surface area contributed by atoms with Gasteiger partial charge in [0.1, 0.15) is 17.7 Å². The van der Waals surface area contributed by atoms with Crippen LogP contribution >= 0.6 is 0 Å². The largest absolute Gasteiger partial charge is 0.494 e. The molecule has 0 unspecified atom stereocenters. The normalized spacial score (nSPS) is 19.8. The zero-order valence-corrected chi connectivity index (χ0v) is 14.4. The van der Waals surface area contributed by atoms with Crippen LogP contribution < -0.4 is 10.1 Å². The quantitative estimate of drug-likeness (QED) is 0.842. The first-order valence-corrected chi connectivity index (χ1v) is 8.02. The highest BCUT2D eigenvalue weighted by Gasteiger charge is 2.28. The van der Waals surface area contributed by atoms with Gasteiger partial charge in [0.25, 0.3) is 5.91 Å². The van der Waals surface area contributed by atoms with E-state index in [1.807, 2.05) is 6.92 Å². The van der Waals surface area contributed by atoms with Crippen molar-refractivity contribution in [2.24, 2.45) is 0 Å². The number of carbonyl (C=O) groups is 1. The molecule has 1 aliphatic heterocycles. The predicted octanol–water partition coefficient (Wildman–Crippen LogP) is 1.16. The third-order valence-corrected chi connectivity index (χ3v) is 4.08. The SMILES string of the molecule is COc1cc(C)cnc1C(=O)N(C)Cc1nc([C@H]2C[C@H](F)CN2)n[nH]1. The molecular weight excluding hydrogens is 327 g/mol. The number of rotatable bonds is 5. The van der Waals surface area contributed by atoms with Gasteiger partial charge in [-0.2, -0.15) is 5.10 Å². The molecule has 2 atom stereocenters. The predicted molar refractivity (Wildman–Crippen MR) is 88.0 cm³/mol. The van der Waals surface area contributed by atoms with Crippen LogP contribution in [0.25, 0.3) is 0 Å². The maximum absolute atomic E-state index is 13.3. The van der Waals surface area contributed by atoms with E-state index in [1.165, 1.54) is 12.0 Å². The van der Waals surface area contributed by atoms with Crippen molar-refractivity contribution in [3.8, 4) is 5.75 Å². The number of H-pyrrole nitrogens is 1. The molecule has 0 aliphatic carbocycles. The van der Waals surface area contributed by atoms with Gasteiger partial charge in [-0.3, -0.25) is 9.89 Å². The van der Waals surface area contributed by atoms with Gasteiger partial charge in [0.2, 0.25) is 0 Å². The molecule has 0 aromatic carbocycles. The number of aromatic nitrogens is 4. The lowest BCUT2D eigenvalue weighted by atomic mass is 10.2. The van der Waals surface area contributed by atoms with Gasteiger partial charge in [0, 0.05) is 26.2 Å². The van der Waals surface area contributed by atoms with Gasteiger partial charge in [-0.15, -0.1) is 0 Å². The first-order valence-electron chi connectivity index (χ1n) is 8.02. The van der Waals surface area contributed by atoms with E-state index in [0.717, 1.165) is 5.56 Å². The van der Waals surface area contributed by atoms with Crippen molar-refractivity contribution in [2.75, 3.05) is 20.7 Å². The van der Waals surface area contributed by atoms with Crippen LogP contribution in [0.15, 0.2) is 12.3 Å². The third-order valence-electron chi connectivity index (χ3n) is 4.08. The van der Waals surface area contributed by atoms with E-state index < -0.39 is 6.17 Å². The number of aryl methyl sites for hydroxylation is 1. The molecule has 2 aromatic heterocycles. The number of pyridine rings is 1. The second-order valence-corrected chi connectivity index (χ2v) is 6.16. The van der Waals surface area contributed by atoms with Crippen molar-refractivity contribution in [1.82, 2.24) is 30.4 Å². The molecule has 9 heteroatoms. The highest BCUT2D eigenvalue weighted by molar-refractivity contribution is 5.94. The highest BCUT2D eigenvalue weighted by Crippen LogP contribution is 2.22. The van der Waals surface area contributed by atoms with Crippen molar-refractivity contribution in [2.45, 2.75) is 32.1 Å². The summed E-state index contributed by atoms with van der Waals surface area (Å²) in [6.45, 7) is 2.42. The number of alkyl halides is 1. The smallest absolute Gasteiger partial charge is 0.276 e. The van der Waals surface area contributed by atoms with E-state index in [9.17, 15) is 9.18 Å². The summed E-state index contributed by atoms with van der Waals surface area (Å²) in [5.74, 6) is 1.19. The minimum atomic E-state index is -0.878. The van der Waals surface area contributed by atoms with E-state index in [-0.39, 0.29) is 24.2 Å². The average Bonchev–Trinajstić information content (AvgIpc) is 3.22. The Hall–Kier alpha value is -2.55. The van der Waals surface area contributed by atoms with Crippen LogP contribution in [0, 0.1) is 6.92 Å². The molecule has 2 N–H and O–H groups in total. The second-order valence-electron chi connectivity index (χ2n) is 6.16. The van der Waals surface area contributed by atoms with Crippen LogP contribution in [0.2, 0.25) is 0 Å². The standard InChI is InChI=1S/C16H21FN6O2/c1-9-4-12(25-3)14(19-6-9)16(24)23(2)8-13-20-15(22-21-13)11-5-10(17)7-18-11/h4,6,10-11,18H,5,7-8H2,1-3H3,(H,20,21,22)/t10-,11+/m0/s1. The first kappa shape index (κ1) is 17.3. The Balaban J connectivity index is 1.69. The maximum atomic E-state index is 13.3. The number of methoxy groups -OCH3 is 1. The van der Waals surface area contributed by atoms with E-state index in [4.69, 9.17) is 4.74 Å². The molecule has 0 saturated carbocycles. The monoisotopic (exact) mass is 348 g/mol. The van der Waals surface area contributed by atoms with Crippen LogP contribution in [0.5, 0.6) is 5.75 Å². The third kappa shape index (κ3) is 3.76. The highest BCUT2D eigenvalue weighted by atomic mass is 19.1. The molecule has 1 fully saturated rings. The van der Waals surface area contributed by atoms with Crippen LogP contribution in [0.1, 0.15) is 40.2 Å². The molecule has 3 heterocycles. The van der Waals surface area contributed by atoms with E-state index in [0.29, 0.717) is 30.4 Å². The number of aromatic amines is 1. The summed E-state index contributed by atoms with van der Waals surface area (Å²) >= 11 is 0. The number of nitrogens with one attached hydrogen (secondary N) is 2. The van der Waals surface area contributed by atoms with Crippen LogP contribution in [0.3, 0.4) is 0 Å². The summed E-state index contributed by atoms with van der Waals surface area (Å²) in [4.78, 5) is 22.6. The zero-order valence-electron chi connectivity index (χ0n) is 14.4. The van der Waals surface area contributed by atoms with Crippen molar-refractivity contribution in [1.29, 1.82) is 0 Å². The van der Waals surface area contributed by atoms with Crippen molar-refractivity contribution < 1.29 is 13.9 Å². The Bertz CT molecular complexity index is 765. The molecule has 8 nitrogen and oxygen atoms in total. The molecule has 0 radical (unpaired) electrons. The van der Waals surface area contributed by atoms with E-state index >= 15 is 0 Å². The van der Waals surface area contributed by atoms with E-state index in [2.05, 4.69) is 25.5 Å². The van der Waals surface area contributed by atoms with Crippen molar-refractivity contribution >= 4 is 5.91 Å². The summed E-state index contributed by atoms with van der Waals surface area (Å²) in [5, 5.41) is 9.95. The zero-order chi connectivity index (χ0) is 18.0. The summed E-state index contributed by atoms with van der Waals surface area (Å²) in [7, 11) is 3.15. The topological polar surface area (TPSA) is 96.0 Å². The summed E-state index contributed by atoms with van der Waals surface area (Å²) in [5.41, 5.74) is 1.15. The second kappa shape index (κ2) is 7.14. The molecule has 1 aliphatic rings. The Morgan fingerprint density at radius 2 is 2.32 bits per heavy atom. The molecule has 0 spiro atoms. The minimum absolute atomic E-state index is 0.195. The fourth-order valence-electron chi connectivity index (χ4n) is 2.76. The minimum Gasteiger partial charge on any atom is -0.494 e. The average molecular weight is 348 g/mol. The molecular formula is C16H21FN6O2. The number of carbonyl (C=O) groups excluding carboxylic acids is 1. The summed E-state index contributed by atoms with van der Waals surface area (Å²) < 4.78 is 18.5. The Kier molecular flexibility index (Phi) is 4.93. The number of amides is 1. The lowest BCUT2D eigenvalue weighted by Crippen LogP contribution is -2.28. The molecule has 2 aromatic rings. The Morgan fingerprint density at radius 3 is 3.00 bits per heavy atom. The van der Waals surface area contributed by atoms with Gasteiger partial charge in [-0.05, 0) is 18.6 Å². The van der Waals surface area contributed by atoms with Gasteiger partial charge < -0.3 is 15.0 Å². The number of hydrogen-bond acceptors (Lipinski definition) is 6. The number of ether oxygens (including phenoxy) is 1. The summed E-state index contributed by atoms with van der Waals surface area (Å²) in [6, 6.07) is 1.57. The van der Waals surface area contributed by atoms with Gasteiger partial charge in [0.15, 0.2) is 11.5 Å². The number of hydrogen-bond donors (Lipinski definition) is 2. The van der Waals surface area contributed by atoms with Crippen LogP contribution in [-0.4, -0.2) is 57.8 Å². The van der Waals surface area contributed by atoms with Crippen molar-refractivity contribution in [3.63, 3.8) is 0 Å². The van der Waals surface area contributed by atoms with Gasteiger partial charge in [-0.1, -0.05) is 0 Å². The Morgan fingerprint density at radius 1 is 1.52 bits per heavy atom. The maximum Gasteiger partial charge on any atom is 0.276 e. The van der Waals surface area contributed by atoms with Gasteiger partial charge in [-0.25, -0.2) is 14.4 Å². The molecule has 0 bridgehead atoms. The van der Waals surface area contributed by atoms with Gasteiger partial charge in [0.05, 0.1) is 19.7 Å². The molecule has 3 rings (SSSR count). The summed E-state index contributed by atoms with van der Waals surface area (Å²) in [6.07, 6.45) is 1.10. The fourth-order valence-corrected chi connectivity index (χ4v) is 2.76. The van der Waals surface area contributed by atoms with E-state index in [1.54, 1.807) is 19.3 Å². The number of halogens is 1. The molecule has 1 amide bonds.